The van der Waals surface area contributed by atoms with Crippen molar-refractivity contribution < 1.29 is 23.1 Å². The van der Waals surface area contributed by atoms with Crippen LogP contribution in [0.3, 0.4) is 0 Å². The summed E-state index contributed by atoms with van der Waals surface area (Å²) in [6, 6.07) is 7.83. The maximum Gasteiger partial charge on any atom is 0.237 e. The van der Waals surface area contributed by atoms with Gasteiger partial charge in [0.05, 0.1) is 32.6 Å². The van der Waals surface area contributed by atoms with E-state index >= 15 is 0 Å². The fourth-order valence-corrected chi connectivity index (χ4v) is 3.16. The Kier molecular flexibility index (Phi) is 5.97. The van der Waals surface area contributed by atoms with Gasteiger partial charge in [-0.3, -0.25) is 4.79 Å². The number of ether oxygens (including phenoxy) is 1. The van der Waals surface area contributed by atoms with Crippen molar-refractivity contribution in [3.63, 3.8) is 0 Å². The van der Waals surface area contributed by atoms with Gasteiger partial charge in [0.1, 0.15) is 5.60 Å². The van der Waals surface area contributed by atoms with Gasteiger partial charge in [0.15, 0.2) is 0 Å². The molecule has 1 heterocycles. The fraction of sp³-hybridized carbons (Fsp3) is 0.562. The van der Waals surface area contributed by atoms with Crippen molar-refractivity contribution in [1.82, 2.24) is 9.62 Å². The zero-order valence-electron chi connectivity index (χ0n) is 14.0. The first-order valence-electron chi connectivity index (χ1n) is 7.76. The molecule has 1 fully saturated rings. The summed E-state index contributed by atoms with van der Waals surface area (Å²) < 4.78 is 30.3. The molecule has 1 atom stereocenters. The predicted octanol–water partition coefficient (Wildman–Crippen LogP) is -0.323. The molecule has 0 radical (unpaired) electrons. The summed E-state index contributed by atoms with van der Waals surface area (Å²) in [5, 5.41) is 9.88. The molecule has 1 aliphatic heterocycles. The van der Waals surface area contributed by atoms with E-state index in [1.54, 1.807) is 0 Å². The summed E-state index contributed by atoms with van der Waals surface area (Å²) >= 11 is 0. The van der Waals surface area contributed by atoms with Crippen LogP contribution in [-0.2, 0) is 26.0 Å². The third kappa shape index (κ3) is 5.01. The Hall–Kier alpha value is -1.48. The summed E-state index contributed by atoms with van der Waals surface area (Å²) in [7, 11) is -3.42. The molecule has 1 aromatic carbocycles. The number of aliphatic hydroxyl groups excluding tert-OH is 1. The first-order valence-corrected chi connectivity index (χ1v) is 9.66. The lowest BCUT2D eigenvalue weighted by atomic mass is 9.91. The van der Waals surface area contributed by atoms with Gasteiger partial charge in [-0.2, -0.15) is 0 Å². The van der Waals surface area contributed by atoms with E-state index < -0.39 is 15.6 Å². The molecule has 1 amide bonds. The first-order chi connectivity index (χ1) is 11.2. The maximum absolute atomic E-state index is 12.2. The number of morpholine rings is 1. The average molecular weight is 356 g/mol. The zero-order valence-corrected chi connectivity index (χ0v) is 14.8. The molecule has 2 rings (SSSR count). The van der Waals surface area contributed by atoms with E-state index in [9.17, 15) is 18.3 Å². The number of carbonyl (C=O) groups is 1. The molecule has 0 spiro atoms. The summed E-state index contributed by atoms with van der Waals surface area (Å²) in [6.45, 7) is 2.39. The van der Waals surface area contributed by atoms with Crippen molar-refractivity contribution in [2.75, 3.05) is 39.1 Å². The molecule has 0 aliphatic carbocycles. The van der Waals surface area contributed by atoms with E-state index in [-0.39, 0.29) is 25.6 Å². The van der Waals surface area contributed by atoms with Crippen LogP contribution < -0.4 is 4.72 Å². The number of amides is 1. The van der Waals surface area contributed by atoms with Crippen molar-refractivity contribution >= 4 is 15.9 Å². The van der Waals surface area contributed by atoms with Crippen molar-refractivity contribution in [3.8, 4) is 0 Å². The number of aliphatic hydroxyl groups is 1. The number of hydrogen-bond acceptors (Lipinski definition) is 5. The smallest absolute Gasteiger partial charge is 0.237 e. The minimum absolute atomic E-state index is 0.218. The second-order valence-electron chi connectivity index (χ2n) is 6.20. The second-order valence-corrected chi connectivity index (χ2v) is 8.03. The maximum atomic E-state index is 12.2. The Balaban J connectivity index is 2.08. The lowest BCUT2D eigenvalue weighted by Crippen LogP contribution is -2.58. The van der Waals surface area contributed by atoms with Gasteiger partial charge in [-0.15, -0.1) is 0 Å². The molecule has 134 valence electrons. The van der Waals surface area contributed by atoms with Gasteiger partial charge in [0.2, 0.25) is 15.9 Å². The summed E-state index contributed by atoms with van der Waals surface area (Å²) in [6.07, 6.45) is 1.50. The van der Waals surface area contributed by atoms with Gasteiger partial charge in [0.25, 0.3) is 0 Å². The van der Waals surface area contributed by atoms with Crippen LogP contribution in [0.4, 0.5) is 0 Å². The quantitative estimate of drug-likeness (QED) is 0.728. The highest BCUT2D eigenvalue weighted by atomic mass is 32.2. The minimum atomic E-state index is -3.42. The van der Waals surface area contributed by atoms with Gasteiger partial charge in [-0.05, 0) is 18.1 Å². The minimum Gasteiger partial charge on any atom is -0.393 e. The highest BCUT2D eigenvalue weighted by molar-refractivity contribution is 7.88. The molecule has 1 aromatic rings. The topological polar surface area (TPSA) is 95.9 Å². The number of aryl methyl sites for hydroxylation is 1. The second kappa shape index (κ2) is 7.60. The van der Waals surface area contributed by atoms with Crippen molar-refractivity contribution in [2.24, 2.45) is 0 Å². The van der Waals surface area contributed by atoms with Crippen molar-refractivity contribution in [3.05, 3.63) is 35.4 Å². The normalized spacial score (nSPS) is 21.7. The fourth-order valence-electron chi connectivity index (χ4n) is 2.78. The van der Waals surface area contributed by atoms with Crippen LogP contribution in [-0.4, -0.2) is 69.0 Å². The molecule has 1 aliphatic rings. The Morgan fingerprint density at radius 2 is 2.12 bits per heavy atom. The van der Waals surface area contributed by atoms with Crippen LogP contribution in [0.15, 0.2) is 24.3 Å². The van der Waals surface area contributed by atoms with E-state index in [1.165, 1.54) is 4.90 Å². The third-order valence-corrected chi connectivity index (χ3v) is 4.82. The lowest BCUT2D eigenvalue weighted by molar-refractivity contribution is -0.157. The van der Waals surface area contributed by atoms with E-state index in [0.29, 0.717) is 19.6 Å². The Morgan fingerprint density at radius 1 is 1.42 bits per heavy atom. The van der Waals surface area contributed by atoms with Crippen LogP contribution in [0.2, 0.25) is 0 Å². The molecule has 24 heavy (non-hydrogen) atoms. The Bertz CT molecular complexity index is 691. The lowest BCUT2D eigenvalue weighted by Gasteiger charge is -2.42. The van der Waals surface area contributed by atoms with Crippen LogP contribution in [0.1, 0.15) is 11.1 Å². The summed E-state index contributed by atoms with van der Waals surface area (Å²) in [5.41, 5.74) is 1.27. The summed E-state index contributed by atoms with van der Waals surface area (Å²) in [5.74, 6) is -0.327. The predicted molar refractivity (Wildman–Crippen MR) is 90.1 cm³/mol. The average Bonchev–Trinajstić information content (AvgIpc) is 2.54. The molecule has 7 nitrogen and oxygen atoms in total. The standard InChI is InChI=1S/C16H24N2O5S/c1-13-5-3-4-6-14(13)9-16(12-19)11-18(7-8-23-16)15(20)10-17-24(2,21)22/h3-6,17,19H,7-12H2,1-2H3/t16-/m1/s1. The molecular weight excluding hydrogens is 332 g/mol. The van der Waals surface area contributed by atoms with Gasteiger partial charge in [-0.1, -0.05) is 24.3 Å². The van der Waals surface area contributed by atoms with Gasteiger partial charge in [0, 0.05) is 13.0 Å². The molecule has 0 aromatic heterocycles. The number of nitrogens with zero attached hydrogens (tertiary/aromatic N) is 1. The Morgan fingerprint density at radius 3 is 2.75 bits per heavy atom. The molecule has 0 unspecified atom stereocenters. The van der Waals surface area contributed by atoms with E-state index in [0.717, 1.165) is 17.4 Å². The SMILES string of the molecule is Cc1ccccc1C[C@]1(CO)CN(C(=O)CNS(C)(=O)=O)CCO1. The van der Waals surface area contributed by atoms with Gasteiger partial charge in [-0.25, -0.2) is 13.1 Å². The highest BCUT2D eigenvalue weighted by Gasteiger charge is 2.38. The van der Waals surface area contributed by atoms with E-state index in [4.69, 9.17) is 4.74 Å². The van der Waals surface area contributed by atoms with E-state index in [1.807, 2.05) is 31.2 Å². The van der Waals surface area contributed by atoms with Gasteiger partial charge >= 0.3 is 0 Å². The molecule has 2 N–H and O–H groups in total. The molecule has 8 heteroatoms. The van der Waals surface area contributed by atoms with Crippen LogP contribution in [0.25, 0.3) is 0 Å². The Labute approximate surface area is 142 Å². The van der Waals surface area contributed by atoms with E-state index in [2.05, 4.69) is 4.72 Å². The van der Waals surface area contributed by atoms with Crippen LogP contribution in [0.5, 0.6) is 0 Å². The molecule has 0 saturated carbocycles. The first kappa shape index (κ1) is 18.9. The monoisotopic (exact) mass is 356 g/mol. The van der Waals surface area contributed by atoms with Crippen molar-refractivity contribution in [1.29, 1.82) is 0 Å². The number of sulfonamides is 1. The third-order valence-electron chi connectivity index (χ3n) is 4.15. The summed E-state index contributed by atoms with van der Waals surface area (Å²) in [4.78, 5) is 13.8. The number of rotatable bonds is 6. The number of hydrogen-bond donors (Lipinski definition) is 2. The van der Waals surface area contributed by atoms with Crippen LogP contribution in [0, 0.1) is 6.92 Å². The van der Waals surface area contributed by atoms with Crippen molar-refractivity contribution in [2.45, 2.75) is 18.9 Å². The van der Waals surface area contributed by atoms with Gasteiger partial charge < -0.3 is 14.7 Å². The largest absolute Gasteiger partial charge is 0.393 e. The number of nitrogens with one attached hydrogen (secondary N) is 1. The number of benzene rings is 1. The number of carbonyl (C=O) groups excluding carboxylic acids is 1. The highest BCUT2D eigenvalue weighted by Crippen LogP contribution is 2.24. The zero-order chi connectivity index (χ0) is 17.8. The van der Waals surface area contributed by atoms with Crippen LogP contribution >= 0.6 is 0 Å². The molecule has 0 bridgehead atoms. The molecule has 1 saturated heterocycles. The molecular formula is C16H24N2O5S.